The standard InChI is InChI=1S/C23H32N2O4/c1-18(16-28-2)24-15-19(9-4-3-5-14-23(26)25-27)17-29-22-13-8-11-20-10-6-7-12-21(20)22/h6-13,18,24,27H,3-5,14-17H2,1-2H3,(H,25,26)/b19-9+. The molecule has 158 valence electrons. The van der Waals surface area contributed by atoms with Gasteiger partial charge in [-0.25, -0.2) is 5.48 Å². The van der Waals surface area contributed by atoms with E-state index in [9.17, 15) is 4.79 Å². The molecule has 0 aliphatic carbocycles. The van der Waals surface area contributed by atoms with Crippen molar-refractivity contribution in [1.82, 2.24) is 10.8 Å². The van der Waals surface area contributed by atoms with E-state index in [2.05, 4.69) is 36.5 Å². The summed E-state index contributed by atoms with van der Waals surface area (Å²) in [6, 6.07) is 14.5. The fraction of sp³-hybridized carbons (Fsp3) is 0.435. The number of ether oxygens (including phenoxy) is 2. The summed E-state index contributed by atoms with van der Waals surface area (Å²) in [5, 5.41) is 14.3. The molecule has 2 rings (SSSR count). The molecule has 0 spiro atoms. The highest BCUT2D eigenvalue weighted by Gasteiger charge is 2.06. The molecule has 1 atom stereocenters. The zero-order valence-electron chi connectivity index (χ0n) is 17.3. The van der Waals surface area contributed by atoms with Gasteiger partial charge in [-0.1, -0.05) is 42.5 Å². The third-order valence-corrected chi connectivity index (χ3v) is 4.67. The molecule has 0 fully saturated rings. The van der Waals surface area contributed by atoms with Crippen molar-refractivity contribution in [3.63, 3.8) is 0 Å². The monoisotopic (exact) mass is 400 g/mol. The number of nitrogens with one attached hydrogen (secondary N) is 2. The van der Waals surface area contributed by atoms with Gasteiger partial charge in [0.15, 0.2) is 0 Å². The molecule has 2 aromatic rings. The number of allylic oxidation sites excluding steroid dienone is 1. The largest absolute Gasteiger partial charge is 0.489 e. The number of fused-ring (bicyclic) bond motifs is 1. The predicted molar refractivity (Wildman–Crippen MR) is 115 cm³/mol. The van der Waals surface area contributed by atoms with E-state index < -0.39 is 0 Å². The van der Waals surface area contributed by atoms with Crippen LogP contribution < -0.4 is 15.5 Å². The van der Waals surface area contributed by atoms with Gasteiger partial charge in [0, 0.05) is 31.5 Å². The Hall–Kier alpha value is -2.41. The number of unbranched alkanes of at least 4 members (excludes halogenated alkanes) is 2. The zero-order chi connectivity index (χ0) is 20.9. The van der Waals surface area contributed by atoms with Crippen molar-refractivity contribution in [2.45, 2.75) is 38.6 Å². The van der Waals surface area contributed by atoms with Gasteiger partial charge in [-0.2, -0.15) is 0 Å². The lowest BCUT2D eigenvalue weighted by Crippen LogP contribution is -2.32. The summed E-state index contributed by atoms with van der Waals surface area (Å²) in [6.07, 6.45) is 4.96. The highest BCUT2D eigenvalue weighted by Crippen LogP contribution is 2.25. The first-order valence-corrected chi connectivity index (χ1v) is 10.1. The first kappa shape index (κ1) is 22.9. The van der Waals surface area contributed by atoms with Gasteiger partial charge >= 0.3 is 0 Å². The molecule has 6 nitrogen and oxygen atoms in total. The summed E-state index contributed by atoms with van der Waals surface area (Å²) < 4.78 is 11.3. The van der Waals surface area contributed by atoms with Gasteiger partial charge in [0.25, 0.3) is 0 Å². The van der Waals surface area contributed by atoms with Crippen molar-refractivity contribution in [3.8, 4) is 5.75 Å². The lowest BCUT2D eigenvalue weighted by atomic mass is 10.1. The van der Waals surface area contributed by atoms with Gasteiger partial charge in [0.1, 0.15) is 12.4 Å². The molecule has 0 radical (unpaired) electrons. The first-order chi connectivity index (χ1) is 14.1. The van der Waals surface area contributed by atoms with Crippen LogP contribution in [0.15, 0.2) is 54.1 Å². The third-order valence-electron chi connectivity index (χ3n) is 4.67. The Kier molecular flexibility index (Phi) is 10.2. The smallest absolute Gasteiger partial charge is 0.243 e. The van der Waals surface area contributed by atoms with E-state index in [1.807, 2.05) is 24.3 Å². The lowest BCUT2D eigenvalue weighted by Gasteiger charge is -2.16. The van der Waals surface area contributed by atoms with Crippen LogP contribution in [0.3, 0.4) is 0 Å². The quantitative estimate of drug-likeness (QED) is 0.206. The molecule has 0 aliphatic rings. The summed E-state index contributed by atoms with van der Waals surface area (Å²) in [5.74, 6) is 0.530. The topological polar surface area (TPSA) is 79.8 Å². The second-order valence-electron chi connectivity index (χ2n) is 7.15. The molecule has 29 heavy (non-hydrogen) atoms. The maximum Gasteiger partial charge on any atom is 0.243 e. The Morgan fingerprint density at radius 2 is 1.97 bits per heavy atom. The minimum Gasteiger partial charge on any atom is -0.489 e. The van der Waals surface area contributed by atoms with Crippen LogP contribution in [-0.4, -0.2) is 44.0 Å². The van der Waals surface area contributed by atoms with Crippen LogP contribution in [-0.2, 0) is 9.53 Å². The molecular weight excluding hydrogens is 368 g/mol. The van der Waals surface area contributed by atoms with E-state index in [1.165, 1.54) is 0 Å². The van der Waals surface area contributed by atoms with E-state index in [1.54, 1.807) is 12.6 Å². The molecular formula is C23H32N2O4. The van der Waals surface area contributed by atoms with Crippen LogP contribution in [0.25, 0.3) is 10.8 Å². The number of hydrogen-bond acceptors (Lipinski definition) is 5. The molecule has 0 saturated heterocycles. The molecule has 0 aliphatic heterocycles. The minimum atomic E-state index is -0.344. The number of amides is 1. The summed E-state index contributed by atoms with van der Waals surface area (Å²) >= 11 is 0. The Balaban J connectivity index is 1.96. The molecule has 0 bridgehead atoms. The van der Waals surface area contributed by atoms with Crippen LogP contribution in [0.1, 0.15) is 32.6 Å². The maximum absolute atomic E-state index is 11.1. The average Bonchev–Trinajstić information content (AvgIpc) is 2.74. The van der Waals surface area contributed by atoms with Crippen LogP contribution >= 0.6 is 0 Å². The molecule has 1 amide bonds. The molecule has 6 heteroatoms. The number of rotatable bonds is 13. The van der Waals surface area contributed by atoms with Crippen LogP contribution in [0.2, 0.25) is 0 Å². The summed E-state index contributed by atoms with van der Waals surface area (Å²) in [5.41, 5.74) is 2.83. The summed E-state index contributed by atoms with van der Waals surface area (Å²) in [7, 11) is 1.70. The third kappa shape index (κ3) is 8.23. The van der Waals surface area contributed by atoms with E-state index in [0.717, 1.165) is 41.4 Å². The fourth-order valence-corrected chi connectivity index (χ4v) is 3.08. The van der Waals surface area contributed by atoms with E-state index in [-0.39, 0.29) is 11.9 Å². The van der Waals surface area contributed by atoms with E-state index in [0.29, 0.717) is 26.2 Å². The second kappa shape index (κ2) is 12.9. The number of hydrogen-bond donors (Lipinski definition) is 3. The number of methoxy groups -OCH3 is 1. The van der Waals surface area contributed by atoms with Crippen molar-refractivity contribution in [3.05, 3.63) is 54.1 Å². The number of hydroxylamine groups is 1. The van der Waals surface area contributed by atoms with Crippen molar-refractivity contribution < 1.29 is 19.5 Å². The van der Waals surface area contributed by atoms with Gasteiger partial charge in [0.2, 0.25) is 5.91 Å². The Bertz CT molecular complexity index is 786. The number of carbonyl (C=O) groups excluding carboxylic acids is 1. The normalized spacial score (nSPS) is 12.7. The van der Waals surface area contributed by atoms with Crippen molar-refractivity contribution in [2.75, 3.05) is 26.9 Å². The highest BCUT2D eigenvalue weighted by atomic mass is 16.5. The lowest BCUT2D eigenvalue weighted by molar-refractivity contribution is -0.129. The predicted octanol–water partition coefficient (Wildman–Crippen LogP) is 3.84. The van der Waals surface area contributed by atoms with Crippen LogP contribution in [0, 0.1) is 0 Å². The van der Waals surface area contributed by atoms with Gasteiger partial charge in [0.05, 0.1) is 6.61 Å². The molecule has 1 unspecified atom stereocenters. The SMILES string of the molecule is COCC(C)NC/C(=C\CCCCC(=O)NO)COc1cccc2ccccc12. The maximum atomic E-state index is 11.1. The van der Waals surface area contributed by atoms with E-state index in [4.69, 9.17) is 14.7 Å². The van der Waals surface area contributed by atoms with Crippen LogP contribution in [0.5, 0.6) is 5.75 Å². The molecule has 2 aromatic carbocycles. The molecule has 3 N–H and O–H groups in total. The minimum absolute atomic E-state index is 0.245. The second-order valence-corrected chi connectivity index (χ2v) is 7.15. The summed E-state index contributed by atoms with van der Waals surface area (Å²) in [6.45, 7) is 3.94. The molecule has 0 heterocycles. The zero-order valence-corrected chi connectivity index (χ0v) is 17.3. The Morgan fingerprint density at radius 3 is 2.76 bits per heavy atom. The van der Waals surface area contributed by atoms with Gasteiger partial charge in [-0.3, -0.25) is 10.0 Å². The Labute approximate surface area is 172 Å². The van der Waals surface area contributed by atoms with Gasteiger partial charge in [-0.15, -0.1) is 0 Å². The fourth-order valence-electron chi connectivity index (χ4n) is 3.08. The average molecular weight is 401 g/mol. The van der Waals surface area contributed by atoms with Crippen molar-refractivity contribution in [1.29, 1.82) is 0 Å². The number of benzene rings is 2. The number of carbonyl (C=O) groups is 1. The van der Waals surface area contributed by atoms with Crippen LogP contribution in [0.4, 0.5) is 0 Å². The first-order valence-electron chi connectivity index (χ1n) is 10.1. The van der Waals surface area contributed by atoms with Crippen molar-refractivity contribution in [2.24, 2.45) is 0 Å². The van der Waals surface area contributed by atoms with Gasteiger partial charge in [-0.05, 0) is 43.2 Å². The van der Waals surface area contributed by atoms with Crippen molar-refractivity contribution >= 4 is 16.7 Å². The Morgan fingerprint density at radius 1 is 1.17 bits per heavy atom. The summed E-state index contributed by atoms with van der Waals surface area (Å²) in [4.78, 5) is 11.1. The molecule has 0 saturated carbocycles. The van der Waals surface area contributed by atoms with E-state index >= 15 is 0 Å². The van der Waals surface area contributed by atoms with Gasteiger partial charge < -0.3 is 14.8 Å². The molecule has 0 aromatic heterocycles. The highest BCUT2D eigenvalue weighted by molar-refractivity contribution is 5.88.